The maximum absolute atomic E-state index is 10.7. The molecule has 0 bridgehead atoms. The second kappa shape index (κ2) is 6.35. The first-order chi connectivity index (χ1) is 9.16. The quantitative estimate of drug-likeness (QED) is 0.484. The summed E-state index contributed by atoms with van der Waals surface area (Å²) in [4.78, 5) is 12.5. The fourth-order valence-corrected chi connectivity index (χ4v) is 1.89. The molecule has 1 aromatic rings. The van der Waals surface area contributed by atoms with E-state index in [1.165, 1.54) is 12.1 Å². The monoisotopic (exact) mass is 267 g/mol. The van der Waals surface area contributed by atoms with Crippen LogP contribution < -0.4 is 10.5 Å². The largest absolute Gasteiger partial charge is 0.492 e. The normalized spacial score (nSPS) is 16.2. The molecule has 19 heavy (non-hydrogen) atoms. The summed E-state index contributed by atoms with van der Waals surface area (Å²) < 4.78 is 10.8. The fourth-order valence-electron chi connectivity index (χ4n) is 1.89. The molecule has 0 amide bonds. The average Bonchev–Trinajstić information content (AvgIpc) is 2.41. The van der Waals surface area contributed by atoms with Crippen molar-refractivity contribution in [2.75, 3.05) is 45.2 Å². The standard InChI is InChI=1S/C12H17N3O4/c13-11-2-1-10(9-12(11)15(16)17)19-8-5-14-3-6-18-7-4-14/h1-2,9H,3-8,13H2. The predicted molar refractivity (Wildman–Crippen MR) is 70.3 cm³/mol. The number of nitrogens with two attached hydrogens (primary N) is 1. The topological polar surface area (TPSA) is 90.9 Å². The van der Waals surface area contributed by atoms with Crippen LogP contribution in [0.1, 0.15) is 0 Å². The van der Waals surface area contributed by atoms with Gasteiger partial charge in [0.15, 0.2) is 0 Å². The second-order valence-electron chi connectivity index (χ2n) is 4.28. The van der Waals surface area contributed by atoms with Crippen molar-refractivity contribution in [1.82, 2.24) is 4.90 Å². The minimum Gasteiger partial charge on any atom is -0.492 e. The van der Waals surface area contributed by atoms with Crippen LogP contribution in [0.15, 0.2) is 18.2 Å². The van der Waals surface area contributed by atoms with Gasteiger partial charge >= 0.3 is 0 Å². The number of nitrogen functional groups attached to an aromatic ring is 1. The van der Waals surface area contributed by atoms with Gasteiger partial charge in [-0.3, -0.25) is 15.0 Å². The van der Waals surface area contributed by atoms with Gasteiger partial charge in [0.25, 0.3) is 5.69 Å². The van der Waals surface area contributed by atoms with Gasteiger partial charge in [0.05, 0.1) is 24.2 Å². The third-order valence-electron chi connectivity index (χ3n) is 2.98. The van der Waals surface area contributed by atoms with Gasteiger partial charge in [0.1, 0.15) is 18.0 Å². The Labute approximate surface area is 111 Å². The number of hydrogen-bond acceptors (Lipinski definition) is 6. The Morgan fingerprint density at radius 1 is 1.42 bits per heavy atom. The van der Waals surface area contributed by atoms with Crippen molar-refractivity contribution in [2.45, 2.75) is 0 Å². The van der Waals surface area contributed by atoms with E-state index in [-0.39, 0.29) is 11.4 Å². The van der Waals surface area contributed by atoms with Gasteiger partial charge in [0.2, 0.25) is 0 Å². The number of benzene rings is 1. The highest BCUT2D eigenvalue weighted by atomic mass is 16.6. The van der Waals surface area contributed by atoms with Crippen LogP contribution in [0, 0.1) is 10.1 Å². The van der Waals surface area contributed by atoms with Gasteiger partial charge in [-0.1, -0.05) is 0 Å². The number of ether oxygens (including phenoxy) is 2. The number of nitrogens with zero attached hydrogens (tertiary/aromatic N) is 2. The maximum atomic E-state index is 10.7. The van der Waals surface area contributed by atoms with E-state index in [1.54, 1.807) is 6.07 Å². The summed E-state index contributed by atoms with van der Waals surface area (Å²) >= 11 is 0. The molecule has 1 aliphatic rings. The van der Waals surface area contributed by atoms with Crippen molar-refractivity contribution < 1.29 is 14.4 Å². The van der Waals surface area contributed by atoms with E-state index in [0.29, 0.717) is 12.4 Å². The molecule has 1 fully saturated rings. The first kappa shape index (κ1) is 13.6. The van der Waals surface area contributed by atoms with Gasteiger partial charge in [-0.2, -0.15) is 0 Å². The molecule has 0 saturated carbocycles. The highest BCUT2D eigenvalue weighted by molar-refractivity contribution is 5.60. The van der Waals surface area contributed by atoms with Crippen LogP contribution in [-0.4, -0.2) is 49.3 Å². The van der Waals surface area contributed by atoms with Crippen LogP contribution in [0.5, 0.6) is 5.75 Å². The summed E-state index contributed by atoms with van der Waals surface area (Å²) in [5.74, 6) is 0.467. The summed E-state index contributed by atoms with van der Waals surface area (Å²) in [6, 6.07) is 4.48. The van der Waals surface area contributed by atoms with E-state index in [4.69, 9.17) is 15.2 Å². The van der Waals surface area contributed by atoms with E-state index in [1.807, 2.05) is 0 Å². The molecule has 7 heteroatoms. The van der Waals surface area contributed by atoms with E-state index >= 15 is 0 Å². The molecule has 0 radical (unpaired) electrons. The first-order valence-electron chi connectivity index (χ1n) is 6.13. The van der Waals surface area contributed by atoms with Crippen LogP contribution >= 0.6 is 0 Å². The molecule has 0 unspecified atom stereocenters. The lowest BCUT2D eigenvalue weighted by atomic mass is 10.2. The van der Waals surface area contributed by atoms with Crippen molar-refractivity contribution in [3.8, 4) is 5.75 Å². The van der Waals surface area contributed by atoms with E-state index in [9.17, 15) is 10.1 Å². The maximum Gasteiger partial charge on any atom is 0.295 e. The summed E-state index contributed by atoms with van der Waals surface area (Å²) in [7, 11) is 0. The first-order valence-corrected chi connectivity index (χ1v) is 6.13. The van der Waals surface area contributed by atoms with Crippen molar-refractivity contribution in [3.63, 3.8) is 0 Å². The van der Waals surface area contributed by atoms with Gasteiger partial charge in [-0.25, -0.2) is 0 Å². The number of anilines is 1. The van der Waals surface area contributed by atoms with Crippen LogP contribution in [0.2, 0.25) is 0 Å². The zero-order valence-electron chi connectivity index (χ0n) is 10.6. The average molecular weight is 267 g/mol. The number of hydrogen-bond donors (Lipinski definition) is 1. The lowest BCUT2D eigenvalue weighted by Crippen LogP contribution is -2.38. The number of nitro groups is 1. The zero-order chi connectivity index (χ0) is 13.7. The molecule has 0 aliphatic carbocycles. The van der Waals surface area contributed by atoms with Crippen LogP contribution in [0.4, 0.5) is 11.4 Å². The SMILES string of the molecule is Nc1ccc(OCCN2CCOCC2)cc1[N+](=O)[O-]. The van der Waals surface area contributed by atoms with Gasteiger partial charge in [0, 0.05) is 19.6 Å². The highest BCUT2D eigenvalue weighted by Gasteiger charge is 2.13. The molecule has 2 N–H and O–H groups in total. The molecule has 1 aliphatic heterocycles. The minimum atomic E-state index is -0.510. The van der Waals surface area contributed by atoms with Crippen LogP contribution in [-0.2, 0) is 4.74 Å². The Morgan fingerprint density at radius 2 is 2.16 bits per heavy atom. The Balaban J connectivity index is 1.85. The minimum absolute atomic E-state index is 0.121. The molecule has 1 saturated heterocycles. The molecule has 1 aromatic carbocycles. The van der Waals surface area contributed by atoms with E-state index in [2.05, 4.69) is 4.90 Å². The lowest BCUT2D eigenvalue weighted by molar-refractivity contribution is -0.384. The Hall–Kier alpha value is -1.86. The van der Waals surface area contributed by atoms with Gasteiger partial charge < -0.3 is 15.2 Å². The predicted octanol–water partition coefficient (Wildman–Crippen LogP) is 0.888. The third-order valence-corrected chi connectivity index (χ3v) is 2.98. The Kier molecular flexibility index (Phi) is 4.53. The zero-order valence-corrected chi connectivity index (χ0v) is 10.6. The second-order valence-corrected chi connectivity index (χ2v) is 4.28. The van der Waals surface area contributed by atoms with Gasteiger partial charge in [-0.15, -0.1) is 0 Å². The van der Waals surface area contributed by atoms with Crippen molar-refractivity contribution in [3.05, 3.63) is 28.3 Å². The molecule has 0 atom stereocenters. The van der Waals surface area contributed by atoms with Gasteiger partial charge in [-0.05, 0) is 12.1 Å². The molecule has 2 rings (SSSR count). The molecular formula is C12H17N3O4. The summed E-state index contributed by atoms with van der Waals surface area (Å²) in [6.07, 6.45) is 0. The Bertz CT molecular complexity index is 447. The van der Waals surface area contributed by atoms with E-state index in [0.717, 1.165) is 32.8 Å². The molecule has 104 valence electrons. The number of nitro benzene ring substituents is 1. The third kappa shape index (κ3) is 3.80. The molecular weight excluding hydrogens is 250 g/mol. The highest BCUT2D eigenvalue weighted by Crippen LogP contribution is 2.26. The smallest absolute Gasteiger partial charge is 0.295 e. The molecule has 1 heterocycles. The molecule has 0 spiro atoms. The summed E-state index contributed by atoms with van der Waals surface area (Å²) in [5.41, 5.74) is 5.54. The number of rotatable bonds is 5. The fraction of sp³-hybridized carbons (Fsp3) is 0.500. The molecule has 7 nitrogen and oxygen atoms in total. The van der Waals surface area contributed by atoms with Crippen molar-refractivity contribution in [2.24, 2.45) is 0 Å². The van der Waals surface area contributed by atoms with E-state index < -0.39 is 4.92 Å². The van der Waals surface area contributed by atoms with Crippen LogP contribution in [0.25, 0.3) is 0 Å². The number of morpholine rings is 1. The van der Waals surface area contributed by atoms with Crippen LogP contribution in [0.3, 0.4) is 0 Å². The lowest BCUT2D eigenvalue weighted by Gasteiger charge is -2.26. The van der Waals surface area contributed by atoms with Crippen molar-refractivity contribution in [1.29, 1.82) is 0 Å². The summed E-state index contributed by atoms with van der Waals surface area (Å²) in [6.45, 7) is 4.54. The molecule has 0 aromatic heterocycles. The van der Waals surface area contributed by atoms with Crippen molar-refractivity contribution >= 4 is 11.4 Å². The Morgan fingerprint density at radius 3 is 2.84 bits per heavy atom. The summed E-state index contributed by atoms with van der Waals surface area (Å²) in [5, 5.41) is 10.7.